The molecular formula is C19H18Cl2N2O3. The summed E-state index contributed by atoms with van der Waals surface area (Å²) in [6, 6.07) is 12.2. The highest BCUT2D eigenvalue weighted by Crippen LogP contribution is 2.31. The number of benzene rings is 2. The van der Waals surface area contributed by atoms with E-state index in [9.17, 15) is 9.59 Å². The number of hydrogen-bond donors (Lipinski definition) is 1. The smallest absolute Gasteiger partial charge is 0.265 e. The van der Waals surface area contributed by atoms with Gasteiger partial charge < -0.3 is 15.0 Å². The summed E-state index contributed by atoms with van der Waals surface area (Å²) in [6.45, 7) is 2.11. The van der Waals surface area contributed by atoms with Gasteiger partial charge in [0.05, 0.1) is 11.7 Å². The standard InChI is InChI=1S/C19H18Cl2N2O3/c1-12(14-7-6-13(20)10-15(14)21)22-18(24)8-9-23-16-4-2-3-5-17(16)26-11-19(23)25/h2-7,10,12H,8-9,11H2,1H3,(H,22,24). The summed E-state index contributed by atoms with van der Waals surface area (Å²) >= 11 is 12.1. The van der Waals surface area contributed by atoms with E-state index >= 15 is 0 Å². The summed E-state index contributed by atoms with van der Waals surface area (Å²) in [4.78, 5) is 26.0. The van der Waals surface area contributed by atoms with Crippen LogP contribution in [-0.4, -0.2) is 25.0 Å². The number of hydrogen-bond acceptors (Lipinski definition) is 3. The normalized spacial score (nSPS) is 14.4. The van der Waals surface area contributed by atoms with Crippen LogP contribution < -0.4 is 15.0 Å². The highest BCUT2D eigenvalue weighted by Gasteiger charge is 2.25. The third-order valence-corrected chi connectivity index (χ3v) is 4.74. The first kappa shape index (κ1) is 18.5. The predicted octanol–water partition coefficient (Wildman–Crippen LogP) is 3.99. The van der Waals surface area contributed by atoms with Gasteiger partial charge in [0, 0.05) is 23.0 Å². The van der Waals surface area contributed by atoms with Gasteiger partial charge in [-0.25, -0.2) is 0 Å². The maximum atomic E-state index is 12.3. The van der Waals surface area contributed by atoms with Gasteiger partial charge in [-0.2, -0.15) is 0 Å². The Balaban J connectivity index is 1.61. The van der Waals surface area contributed by atoms with Gasteiger partial charge in [0.15, 0.2) is 6.61 Å². The van der Waals surface area contributed by atoms with Crippen molar-refractivity contribution in [3.05, 3.63) is 58.1 Å². The van der Waals surface area contributed by atoms with Gasteiger partial charge in [0.25, 0.3) is 5.91 Å². The highest BCUT2D eigenvalue weighted by molar-refractivity contribution is 6.35. The number of nitrogens with zero attached hydrogens (tertiary/aromatic N) is 1. The fraction of sp³-hybridized carbons (Fsp3) is 0.263. The van der Waals surface area contributed by atoms with Gasteiger partial charge in [0.1, 0.15) is 5.75 Å². The molecule has 7 heteroatoms. The summed E-state index contributed by atoms with van der Waals surface area (Å²) in [7, 11) is 0. The Morgan fingerprint density at radius 2 is 2.04 bits per heavy atom. The molecule has 0 aromatic heterocycles. The molecule has 136 valence electrons. The largest absolute Gasteiger partial charge is 0.482 e. The summed E-state index contributed by atoms with van der Waals surface area (Å²) < 4.78 is 5.40. The van der Waals surface area contributed by atoms with E-state index in [1.54, 1.807) is 35.2 Å². The zero-order valence-corrected chi connectivity index (χ0v) is 15.7. The number of carbonyl (C=O) groups is 2. The molecule has 0 spiro atoms. The zero-order chi connectivity index (χ0) is 18.7. The lowest BCUT2D eigenvalue weighted by Crippen LogP contribution is -2.41. The summed E-state index contributed by atoms with van der Waals surface area (Å²) in [5, 5.41) is 3.94. The van der Waals surface area contributed by atoms with Crippen molar-refractivity contribution in [3.8, 4) is 5.75 Å². The van der Waals surface area contributed by atoms with Crippen LogP contribution in [0.1, 0.15) is 24.9 Å². The Labute approximate surface area is 161 Å². The molecule has 0 saturated carbocycles. The fourth-order valence-electron chi connectivity index (χ4n) is 2.86. The monoisotopic (exact) mass is 392 g/mol. The number of amides is 2. The van der Waals surface area contributed by atoms with Crippen LogP contribution in [0.25, 0.3) is 0 Å². The van der Waals surface area contributed by atoms with Crippen LogP contribution in [0.15, 0.2) is 42.5 Å². The molecule has 1 heterocycles. The van der Waals surface area contributed by atoms with Crippen LogP contribution in [0, 0.1) is 0 Å². The van der Waals surface area contributed by atoms with Gasteiger partial charge in [0.2, 0.25) is 5.91 Å². The lowest BCUT2D eigenvalue weighted by atomic mass is 10.1. The van der Waals surface area contributed by atoms with Gasteiger partial charge in [-0.3, -0.25) is 9.59 Å². The molecule has 26 heavy (non-hydrogen) atoms. The van der Waals surface area contributed by atoms with E-state index in [1.165, 1.54) is 0 Å². The molecular weight excluding hydrogens is 375 g/mol. The van der Waals surface area contributed by atoms with E-state index in [0.29, 0.717) is 21.5 Å². The topological polar surface area (TPSA) is 58.6 Å². The Hall–Kier alpha value is -2.24. The van der Waals surface area contributed by atoms with Crippen molar-refractivity contribution in [2.45, 2.75) is 19.4 Å². The van der Waals surface area contributed by atoms with E-state index < -0.39 is 0 Å². The first-order valence-corrected chi connectivity index (χ1v) is 8.98. The molecule has 0 saturated heterocycles. The fourth-order valence-corrected chi connectivity index (χ4v) is 3.43. The number of anilines is 1. The lowest BCUT2D eigenvalue weighted by molar-refractivity contribution is -0.122. The second-order valence-corrected chi connectivity index (χ2v) is 6.85. The van der Waals surface area contributed by atoms with Crippen molar-refractivity contribution in [1.29, 1.82) is 0 Å². The molecule has 1 N–H and O–H groups in total. The van der Waals surface area contributed by atoms with Crippen LogP contribution >= 0.6 is 23.2 Å². The zero-order valence-electron chi connectivity index (χ0n) is 14.2. The predicted molar refractivity (Wildman–Crippen MR) is 102 cm³/mol. The minimum atomic E-state index is -0.264. The molecule has 2 aromatic rings. The quantitative estimate of drug-likeness (QED) is 0.836. The van der Waals surface area contributed by atoms with Crippen LogP contribution in [-0.2, 0) is 9.59 Å². The van der Waals surface area contributed by atoms with Crippen molar-refractivity contribution in [2.75, 3.05) is 18.1 Å². The molecule has 1 aliphatic heterocycles. The van der Waals surface area contributed by atoms with Crippen molar-refractivity contribution in [2.24, 2.45) is 0 Å². The van der Waals surface area contributed by atoms with E-state index in [2.05, 4.69) is 5.32 Å². The summed E-state index contributed by atoms with van der Waals surface area (Å²) in [5.41, 5.74) is 1.47. The third-order valence-electron chi connectivity index (χ3n) is 4.18. The summed E-state index contributed by atoms with van der Waals surface area (Å²) in [6.07, 6.45) is 0.176. The minimum absolute atomic E-state index is 0.0184. The molecule has 5 nitrogen and oxygen atoms in total. The van der Waals surface area contributed by atoms with Crippen molar-refractivity contribution in [3.63, 3.8) is 0 Å². The Bertz CT molecular complexity index is 841. The Morgan fingerprint density at radius 3 is 2.81 bits per heavy atom. The number of rotatable bonds is 5. The van der Waals surface area contributed by atoms with E-state index in [-0.39, 0.29) is 37.4 Å². The maximum absolute atomic E-state index is 12.3. The summed E-state index contributed by atoms with van der Waals surface area (Å²) in [5.74, 6) is 0.319. The first-order chi connectivity index (χ1) is 12.5. The van der Waals surface area contributed by atoms with Crippen LogP contribution in [0.3, 0.4) is 0 Å². The number of halogens is 2. The Kier molecular flexibility index (Phi) is 5.69. The molecule has 0 radical (unpaired) electrons. The van der Waals surface area contributed by atoms with Crippen LogP contribution in [0.2, 0.25) is 10.0 Å². The van der Waals surface area contributed by atoms with Gasteiger partial charge in [-0.05, 0) is 36.8 Å². The van der Waals surface area contributed by atoms with E-state index in [0.717, 1.165) is 5.56 Å². The van der Waals surface area contributed by atoms with Crippen molar-refractivity contribution < 1.29 is 14.3 Å². The molecule has 0 fully saturated rings. The Morgan fingerprint density at radius 1 is 1.27 bits per heavy atom. The van der Waals surface area contributed by atoms with Gasteiger partial charge in [-0.15, -0.1) is 0 Å². The molecule has 2 amide bonds. The minimum Gasteiger partial charge on any atom is -0.482 e. The molecule has 1 unspecified atom stereocenters. The van der Waals surface area contributed by atoms with E-state index in [1.807, 2.05) is 19.1 Å². The van der Waals surface area contributed by atoms with Crippen LogP contribution in [0.4, 0.5) is 5.69 Å². The van der Waals surface area contributed by atoms with Gasteiger partial charge >= 0.3 is 0 Å². The molecule has 1 atom stereocenters. The third kappa shape index (κ3) is 4.11. The number of para-hydroxylation sites is 2. The number of ether oxygens (including phenoxy) is 1. The molecule has 2 aromatic carbocycles. The van der Waals surface area contributed by atoms with Crippen molar-refractivity contribution in [1.82, 2.24) is 5.32 Å². The average Bonchev–Trinajstić information content (AvgIpc) is 2.60. The van der Waals surface area contributed by atoms with E-state index in [4.69, 9.17) is 27.9 Å². The molecule has 0 aliphatic carbocycles. The maximum Gasteiger partial charge on any atom is 0.265 e. The lowest BCUT2D eigenvalue weighted by Gasteiger charge is -2.29. The van der Waals surface area contributed by atoms with Gasteiger partial charge in [-0.1, -0.05) is 41.4 Å². The molecule has 1 aliphatic rings. The molecule has 3 rings (SSSR count). The highest BCUT2D eigenvalue weighted by atomic mass is 35.5. The SMILES string of the molecule is CC(NC(=O)CCN1C(=O)COc2ccccc21)c1ccc(Cl)cc1Cl. The van der Waals surface area contributed by atoms with Crippen LogP contribution in [0.5, 0.6) is 5.75 Å². The average molecular weight is 393 g/mol. The number of nitrogens with one attached hydrogen (secondary N) is 1. The number of fused-ring (bicyclic) bond motifs is 1. The molecule has 0 bridgehead atoms. The number of carbonyl (C=O) groups excluding carboxylic acids is 2. The second-order valence-electron chi connectivity index (χ2n) is 6.01. The van der Waals surface area contributed by atoms with Crippen molar-refractivity contribution >= 4 is 40.7 Å². The second kappa shape index (κ2) is 7.98. The first-order valence-electron chi connectivity index (χ1n) is 8.22.